The topological polar surface area (TPSA) is 49.4 Å². The zero-order valence-electron chi connectivity index (χ0n) is 11.8. The molecule has 1 aliphatic carbocycles. The minimum Gasteiger partial charge on any atom is -0.339 e. The number of carbonyl (C=O) groups is 2. The molecule has 5 heteroatoms. The first-order valence-corrected chi connectivity index (χ1v) is 7.49. The predicted molar refractivity (Wildman–Crippen MR) is 77.1 cm³/mol. The molecular weight excluding hydrogens is 271 g/mol. The van der Waals surface area contributed by atoms with Crippen molar-refractivity contribution in [3.63, 3.8) is 0 Å². The maximum atomic E-state index is 12.8. The summed E-state index contributed by atoms with van der Waals surface area (Å²) in [5, 5.41) is 2.76. The molecule has 1 saturated heterocycles. The van der Waals surface area contributed by atoms with Crippen LogP contribution in [0.5, 0.6) is 0 Å². The number of halogens is 1. The van der Waals surface area contributed by atoms with Gasteiger partial charge in [-0.2, -0.15) is 0 Å². The Morgan fingerprint density at radius 2 is 1.86 bits per heavy atom. The Morgan fingerprint density at radius 3 is 2.52 bits per heavy atom. The first kappa shape index (κ1) is 14.0. The maximum Gasteiger partial charge on any atom is 0.229 e. The lowest BCUT2D eigenvalue weighted by molar-refractivity contribution is -0.129. The highest BCUT2D eigenvalue weighted by molar-refractivity contribution is 5.97. The Morgan fingerprint density at radius 1 is 1.19 bits per heavy atom. The Balaban J connectivity index is 1.60. The molecule has 1 saturated carbocycles. The van der Waals surface area contributed by atoms with Crippen LogP contribution in [-0.2, 0) is 9.59 Å². The van der Waals surface area contributed by atoms with Gasteiger partial charge in [0.05, 0.1) is 5.92 Å². The molecule has 1 aromatic rings. The quantitative estimate of drug-likeness (QED) is 0.930. The third-order valence-electron chi connectivity index (χ3n) is 4.41. The van der Waals surface area contributed by atoms with Crippen LogP contribution < -0.4 is 5.32 Å². The van der Waals surface area contributed by atoms with E-state index in [0.717, 1.165) is 12.8 Å². The SMILES string of the molecule is O=C(Nc1ccc(F)cc1)[C@@H]1CC(=O)N(C2CCCC2)C1. The van der Waals surface area contributed by atoms with E-state index in [1.165, 1.54) is 37.1 Å². The molecule has 0 bridgehead atoms. The zero-order chi connectivity index (χ0) is 14.8. The van der Waals surface area contributed by atoms with E-state index in [-0.39, 0.29) is 30.0 Å². The highest BCUT2D eigenvalue weighted by Crippen LogP contribution is 2.29. The molecule has 3 rings (SSSR count). The number of amides is 2. The first-order chi connectivity index (χ1) is 10.1. The molecule has 1 atom stereocenters. The number of anilines is 1. The minimum atomic E-state index is -0.337. The number of benzene rings is 1. The van der Waals surface area contributed by atoms with Gasteiger partial charge in [-0.1, -0.05) is 12.8 Å². The number of rotatable bonds is 3. The van der Waals surface area contributed by atoms with E-state index < -0.39 is 0 Å². The van der Waals surface area contributed by atoms with Gasteiger partial charge < -0.3 is 10.2 Å². The summed E-state index contributed by atoms with van der Waals surface area (Å²) in [5.41, 5.74) is 0.563. The van der Waals surface area contributed by atoms with Crippen molar-refractivity contribution in [3.05, 3.63) is 30.1 Å². The third-order valence-corrected chi connectivity index (χ3v) is 4.41. The molecule has 2 amide bonds. The molecule has 1 aromatic carbocycles. The van der Waals surface area contributed by atoms with E-state index >= 15 is 0 Å². The van der Waals surface area contributed by atoms with Gasteiger partial charge in [0, 0.05) is 24.7 Å². The number of nitrogens with zero attached hydrogens (tertiary/aromatic N) is 1. The van der Waals surface area contributed by atoms with Gasteiger partial charge in [0.15, 0.2) is 0 Å². The fourth-order valence-electron chi connectivity index (χ4n) is 3.25. The summed E-state index contributed by atoms with van der Waals surface area (Å²) in [5.74, 6) is -0.712. The van der Waals surface area contributed by atoms with Crippen LogP contribution in [0.3, 0.4) is 0 Å². The van der Waals surface area contributed by atoms with Gasteiger partial charge >= 0.3 is 0 Å². The van der Waals surface area contributed by atoms with E-state index in [2.05, 4.69) is 5.32 Å². The molecule has 21 heavy (non-hydrogen) atoms. The van der Waals surface area contributed by atoms with Gasteiger partial charge in [0.1, 0.15) is 5.82 Å². The molecule has 1 N–H and O–H groups in total. The summed E-state index contributed by atoms with van der Waals surface area (Å²) in [6, 6.07) is 5.99. The molecule has 1 heterocycles. The monoisotopic (exact) mass is 290 g/mol. The third kappa shape index (κ3) is 3.06. The van der Waals surface area contributed by atoms with Gasteiger partial charge in [-0.05, 0) is 37.1 Å². The highest BCUT2D eigenvalue weighted by atomic mass is 19.1. The smallest absolute Gasteiger partial charge is 0.229 e. The van der Waals surface area contributed by atoms with Crippen molar-refractivity contribution in [3.8, 4) is 0 Å². The van der Waals surface area contributed by atoms with Gasteiger partial charge in [-0.25, -0.2) is 4.39 Å². The molecular formula is C16H19FN2O2. The molecule has 112 valence electrons. The zero-order valence-corrected chi connectivity index (χ0v) is 11.8. The van der Waals surface area contributed by atoms with Crippen molar-refractivity contribution in [2.75, 3.05) is 11.9 Å². The predicted octanol–water partition coefficient (Wildman–Crippen LogP) is 2.56. The second-order valence-corrected chi connectivity index (χ2v) is 5.88. The number of hydrogen-bond donors (Lipinski definition) is 1. The molecule has 0 spiro atoms. The lowest BCUT2D eigenvalue weighted by Gasteiger charge is -2.23. The van der Waals surface area contributed by atoms with Crippen LogP contribution in [0.25, 0.3) is 0 Å². The molecule has 0 unspecified atom stereocenters. The summed E-state index contributed by atoms with van der Waals surface area (Å²) in [6.07, 6.45) is 4.72. The van der Waals surface area contributed by atoms with E-state index in [4.69, 9.17) is 0 Å². The number of hydrogen-bond acceptors (Lipinski definition) is 2. The number of nitrogens with one attached hydrogen (secondary N) is 1. The Kier molecular flexibility index (Phi) is 3.90. The van der Waals surface area contributed by atoms with E-state index in [0.29, 0.717) is 18.3 Å². The second-order valence-electron chi connectivity index (χ2n) is 5.88. The summed E-state index contributed by atoms with van der Waals surface area (Å²) in [4.78, 5) is 26.2. The highest BCUT2D eigenvalue weighted by Gasteiger charge is 2.38. The average Bonchev–Trinajstić information content (AvgIpc) is 3.10. The van der Waals surface area contributed by atoms with Crippen LogP contribution in [0.4, 0.5) is 10.1 Å². The molecule has 1 aliphatic heterocycles. The fraction of sp³-hybridized carbons (Fsp3) is 0.500. The van der Waals surface area contributed by atoms with Crippen molar-refractivity contribution < 1.29 is 14.0 Å². The maximum absolute atomic E-state index is 12.8. The van der Waals surface area contributed by atoms with Gasteiger partial charge in [0.25, 0.3) is 0 Å². The van der Waals surface area contributed by atoms with Crippen LogP contribution in [0, 0.1) is 11.7 Å². The van der Waals surface area contributed by atoms with Crippen LogP contribution in [-0.4, -0.2) is 29.3 Å². The average molecular weight is 290 g/mol. The van der Waals surface area contributed by atoms with E-state index in [9.17, 15) is 14.0 Å². The summed E-state index contributed by atoms with van der Waals surface area (Å²) >= 11 is 0. The van der Waals surface area contributed by atoms with Gasteiger partial charge in [0.2, 0.25) is 11.8 Å². The van der Waals surface area contributed by atoms with Crippen LogP contribution in [0.2, 0.25) is 0 Å². The summed E-state index contributed by atoms with van der Waals surface area (Å²) in [6.45, 7) is 0.510. The van der Waals surface area contributed by atoms with Crippen LogP contribution in [0.1, 0.15) is 32.1 Å². The molecule has 0 radical (unpaired) electrons. The van der Waals surface area contributed by atoms with Crippen molar-refractivity contribution in [2.24, 2.45) is 5.92 Å². The van der Waals surface area contributed by atoms with Crippen molar-refractivity contribution in [2.45, 2.75) is 38.1 Å². The van der Waals surface area contributed by atoms with E-state index in [1.807, 2.05) is 4.90 Å². The first-order valence-electron chi connectivity index (χ1n) is 7.49. The fourth-order valence-corrected chi connectivity index (χ4v) is 3.25. The largest absolute Gasteiger partial charge is 0.339 e. The molecule has 2 aliphatic rings. The Labute approximate surface area is 123 Å². The number of carbonyl (C=O) groups excluding carboxylic acids is 2. The minimum absolute atomic E-state index is 0.0844. The summed E-state index contributed by atoms with van der Waals surface area (Å²) in [7, 11) is 0. The van der Waals surface area contributed by atoms with Crippen molar-refractivity contribution >= 4 is 17.5 Å². The van der Waals surface area contributed by atoms with Gasteiger partial charge in [-0.3, -0.25) is 9.59 Å². The van der Waals surface area contributed by atoms with Crippen molar-refractivity contribution in [1.82, 2.24) is 4.90 Å². The Hall–Kier alpha value is -1.91. The lowest BCUT2D eigenvalue weighted by Crippen LogP contribution is -2.35. The standard InChI is InChI=1S/C16H19FN2O2/c17-12-5-7-13(8-6-12)18-16(21)11-9-15(20)19(10-11)14-3-1-2-4-14/h5-8,11,14H,1-4,9-10H2,(H,18,21)/t11-/m1/s1. The number of likely N-dealkylation sites (tertiary alicyclic amines) is 1. The van der Waals surface area contributed by atoms with E-state index in [1.54, 1.807) is 0 Å². The summed E-state index contributed by atoms with van der Waals surface area (Å²) < 4.78 is 12.8. The normalized spacial score (nSPS) is 22.8. The molecule has 2 fully saturated rings. The van der Waals surface area contributed by atoms with Crippen molar-refractivity contribution in [1.29, 1.82) is 0 Å². The van der Waals surface area contributed by atoms with Crippen LogP contribution >= 0.6 is 0 Å². The molecule has 0 aromatic heterocycles. The lowest BCUT2D eigenvalue weighted by atomic mass is 10.1. The van der Waals surface area contributed by atoms with Crippen LogP contribution in [0.15, 0.2) is 24.3 Å². The van der Waals surface area contributed by atoms with Gasteiger partial charge in [-0.15, -0.1) is 0 Å². The Bertz CT molecular complexity index is 538. The molecule has 4 nitrogen and oxygen atoms in total. The second kappa shape index (κ2) is 5.84.